The van der Waals surface area contributed by atoms with Crippen LogP contribution in [0.1, 0.15) is 57.8 Å². The first-order valence-electron chi connectivity index (χ1n) is 9.89. The summed E-state index contributed by atoms with van der Waals surface area (Å²) >= 11 is 0. The molecule has 0 spiro atoms. The van der Waals surface area contributed by atoms with E-state index in [4.69, 9.17) is 0 Å². The van der Waals surface area contributed by atoms with Gasteiger partial charge >= 0.3 is 0 Å². The Kier molecular flexibility index (Phi) is 9.16. The molecule has 1 aromatic heterocycles. The Hall–Kier alpha value is -1.78. The van der Waals surface area contributed by atoms with E-state index in [0.717, 1.165) is 44.4 Å². The van der Waals surface area contributed by atoms with Crippen molar-refractivity contribution in [2.45, 2.75) is 64.3 Å². The third-order valence-corrected chi connectivity index (χ3v) is 5.05. The Morgan fingerprint density at radius 3 is 2.52 bits per heavy atom. The van der Waals surface area contributed by atoms with Crippen LogP contribution < -0.4 is 16.2 Å². The van der Waals surface area contributed by atoms with Gasteiger partial charge in [0.2, 0.25) is 5.56 Å². The van der Waals surface area contributed by atoms with E-state index in [1.54, 1.807) is 16.7 Å². The molecule has 25 heavy (non-hydrogen) atoms. The summed E-state index contributed by atoms with van der Waals surface area (Å²) in [5.41, 5.74) is 0.0746. The molecule has 1 fully saturated rings. The van der Waals surface area contributed by atoms with Gasteiger partial charge in [0.1, 0.15) is 0 Å². The molecule has 5 heteroatoms. The van der Waals surface area contributed by atoms with Crippen molar-refractivity contribution >= 4 is 5.96 Å². The third-order valence-electron chi connectivity index (χ3n) is 5.05. The first kappa shape index (κ1) is 19.5. The summed E-state index contributed by atoms with van der Waals surface area (Å²) in [6.07, 6.45) is 13.6. The Labute approximate surface area is 151 Å². The standard InChI is InChI=1S/C20H34N4O/c1-21-20(22-14-6-4-12-18-10-2-3-11-18)23-15-7-9-17-24-16-8-5-13-19(24)25/h5,8,13,16,18H,2-4,6-7,9-12,14-15,17H2,1H3,(H2,21,22,23). The summed E-state index contributed by atoms with van der Waals surface area (Å²) in [6.45, 7) is 2.64. The highest BCUT2D eigenvalue weighted by atomic mass is 16.1. The van der Waals surface area contributed by atoms with E-state index in [9.17, 15) is 4.79 Å². The van der Waals surface area contributed by atoms with Gasteiger partial charge in [-0.05, 0) is 31.2 Å². The van der Waals surface area contributed by atoms with Crippen LogP contribution in [0.5, 0.6) is 0 Å². The number of hydrogen-bond acceptors (Lipinski definition) is 2. The molecule has 0 unspecified atom stereocenters. The number of aliphatic imine (C=N–C) groups is 1. The lowest BCUT2D eigenvalue weighted by Crippen LogP contribution is -2.38. The maximum Gasteiger partial charge on any atom is 0.250 e. The van der Waals surface area contributed by atoms with E-state index in [2.05, 4.69) is 15.6 Å². The van der Waals surface area contributed by atoms with Gasteiger partial charge < -0.3 is 15.2 Å². The predicted octanol–water partition coefficient (Wildman–Crippen LogP) is 3.15. The maximum atomic E-state index is 11.6. The molecule has 0 aliphatic heterocycles. The molecule has 0 atom stereocenters. The van der Waals surface area contributed by atoms with Gasteiger partial charge in [-0.2, -0.15) is 0 Å². The summed E-state index contributed by atoms with van der Waals surface area (Å²) in [7, 11) is 1.82. The molecular formula is C20H34N4O. The van der Waals surface area contributed by atoms with Gasteiger partial charge in [-0.25, -0.2) is 0 Å². The zero-order chi connectivity index (χ0) is 17.7. The number of aryl methyl sites for hydroxylation is 1. The van der Waals surface area contributed by atoms with Crippen LogP contribution in [-0.2, 0) is 6.54 Å². The van der Waals surface area contributed by atoms with Gasteiger partial charge in [0.25, 0.3) is 0 Å². The van der Waals surface area contributed by atoms with Crippen LogP contribution in [0.25, 0.3) is 0 Å². The molecule has 0 saturated heterocycles. The molecule has 2 rings (SSSR count). The van der Waals surface area contributed by atoms with Crippen molar-refractivity contribution < 1.29 is 0 Å². The molecular weight excluding hydrogens is 312 g/mol. The van der Waals surface area contributed by atoms with Crippen LogP contribution in [0.2, 0.25) is 0 Å². The summed E-state index contributed by atoms with van der Waals surface area (Å²) in [5, 5.41) is 6.75. The van der Waals surface area contributed by atoms with Crippen LogP contribution in [-0.4, -0.2) is 30.7 Å². The number of rotatable bonds is 10. The Morgan fingerprint density at radius 1 is 1.12 bits per heavy atom. The van der Waals surface area contributed by atoms with E-state index in [0.29, 0.717) is 0 Å². The van der Waals surface area contributed by atoms with Crippen molar-refractivity contribution in [2.24, 2.45) is 10.9 Å². The SMILES string of the molecule is CN=C(NCCCCC1CCCC1)NCCCCn1ccccc1=O. The molecule has 0 amide bonds. The summed E-state index contributed by atoms with van der Waals surface area (Å²) < 4.78 is 1.76. The number of aromatic nitrogens is 1. The van der Waals surface area contributed by atoms with Gasteiger partial charge in [0.05, 0.1) is 0 Å². The van der Waals surface area contributed by atoms with Crippen LogP contribution >= 0.6 is 0 Å². The first-order valence-corrected chi connectivity index (χ1v) is 9.89. The van der Waals surface area contributed by atoms with Crippen LogP contribution in [0.3, 0.4) is 0 Å². The highest BCUT2D eigenvalue weighted by molar-refractivity contribution is 5.79. The Morgan fingerprint density at radius 2 is 1.84 bits per heavy atom. The normalized spacial score (nSPS) is 15.5. The average molecular weight is 347 g/mol. The maximum absolute atomic E-state index is 11.6. The molecule has 1 aliphatic carbocycles. The molecule has 5 nitrogen and oxygen atoms in total. The van der Waals surface area contributed by atoms with E-state index >= 15 is 0 Å². The molecule has 2 N–H and O–H groups in total. The zero-order valence-corrected chi connectivity index (χ0v) is 15.7. The molecule has 0 bridgehead atoms. The minimum Gasteiger partial charge on any atom is -0.356 e. The van der Waals surface area contributed by atoms with Crippen molar-refractivity contribution in [2.75, 3.05) is 20.1 Å². The molecule has 1 heterocycles. The largest absolute Gasteiger partial charge is 0.356 e. The summed E-state index contributed by atoms with van der Waals surface area (Å²) in [4.78, 5) is 15.9. The summed E-state index contributed by atoms with van der Waals surface area (Å²) in [5.74, 6) is 1.88. The fourth-order valence-electron chi connectivity index (χ4n) is 3.54. The molecule has 140 valence electrons. The van der Waals surface area contributed by atoms with Crippen molar-refractivity contribution in [3.05, 3.63) is 34.7 Å². The zero-order valence-electron chi connectivity index (χ0n) is 15.7. The number of hydrogen-bond donors (Lipinski definition) is 2. The fourth-order valence-corrected chi connectivity index (χ4v) is 3.54. The first-order chi connectivity index (χ1) is 12.3. The van der Waals surface area contributed by atoms with Crippen LogP contribution in [0, 0.1) is 5.92 Å². The van der Waals surface area contributed by atoms with E-state index < -0.39 is 0 Å². The lowest BCUT2D eigenvalue weighted by Gasteiger charge is -2.13. The lowest BCUT2D eigenvalue weighted by atomic mass is 10.0. The topological polar surface area (TPSA) is 58.4 Å². The van der Waals surface area contributed by atoms with Gasteiger partial charge in [0.15, 0.2) is 5.96 Å². The second kappa shape index (κ2) is 11.7. The van der Waals surface area contributed by atoms with Gasteiger partial charge in [-0.1, -0.05) is 44.6 Å². The molecule has 0 radical (unpaired) electrons. The van der Waals surface area contributed by atoms with E-state index in [1.807, 2.05) is 19.3 Å². The molecule has 1 saturated carbocycles. The number of pyridine rings is 1. The van der Waals surface area contributed by atoms with Crippen molar-refractivity contribution in [1.29, 1.82) is 0 Å². The predicted molar refractivity (Wildman–Crippen MR) is 105 cm³/mol. The van der Waals surface area contributed by atoms with Gasteiger partial charge in [0, 0.05) is 38.9 Å². The highest BCUT2D eigenvalue weighted by Crippen LogP contribution is 2.28. The van der Waals surface area contributed by atoms with Gasteiger partial charge in [-0.15, -0.1) is 0 Å². The molecule has 1 aromatic rings. The number of nitrogens with one attached hydrogen (secondary N) is 2. The number of nitrogens with zero attached hydrogens (tertiary/aromatic N) is 2. The van der Waals surface area contributed by atoms with E-state index in [1.165, 1.54) is 44.9 Å². The minimum atomic E-state index is 0.0746. The highest BCUT2D eigenvalue weighted by Gasteiger charge is 2.13. The van der Waals surface area contributed by atoms with E-state index in [-0.39, 0.29) is 5.56 Å². The lowest BCUT2D eigenvalue weighted by molar-refractivity contribution is 0.472. The smallest absolute Gasteiger partial charge is 0.250 e. The average Bonchev–Trinajstić information content (AvgIpc) is 3.14. The van der Waals surface area contributed by atoms with Crippen molar-refractivity contribution in [3.8, 4) is 0 Å². The Balaban J connectivity index is 1.48. The van der Waals surface area contributed by atoms with Gasteiger partial charge in [-0.3, -0.25) is 9.79 Å². The second-order valence-corrected chi connectivity index (χ2v) is 7.01. The quantitative estimate of drug-likeness (QED) is 0.389. The summed E-state index contributed by atoms with van der Waals surface area (Å²) in [6, 6.07) is 5.29. The minimum absolute atomic E-state index is 0.0746. The number of guanidine groups is 1. The fraction of sp³-hybridized carbons (Fsp3) is 0.700. The monoisotopic (exact) mass is 346 g/mol. The van der Waals surface area contributed by atoms with Crippen molar-refractivity contribution in [3.63, 3.8) is 0 Å². The molecule has 1 aliphatic rings. The molecule has 0 aromatic carbocycles. The number of unbranched alkanes of at least 4 members (excludes halogenated alkanes) is 2. The van der Waals surface area contributed by atoms with Crippen molar-refractivity contribution in [1.82, 2.24) is 15.2 Å². The third kappa shape index (κ3) is 7.76. The van der Waals surface area contributed by atoms with Crippen LogP contribution in [0.15, 0.2) is 34.2 Å². The van der Waals surface area contributed by atoms with Crippen LogP contribution in [0.4, 0.5) is 0 Å². The second-order valence-electron chi connectivity index (χ2n) is 7.01. The Bertz CT molecular complexity index is 561.